The van der Waals surface area contributed by atoms with Crippen LogP contribution in [0.25, 0.3) is 0 Å². The minimum atomic E-state index is 0.389. The zero-order valence-corrected chi connectivity index (χ0v) is 11.9. The smallest absolute Gasteiger partial charge is 0.0553 e. The number of aromatic nitrogens is 1. The molecule has 1 aliphatic heterocycles. The fourth-order valence-corrected chi connectivity index (χ4v) is 2.71. The Morgan fingerprint density at radius 3 is 2.75 bits per heavy atom. The zero-order valence-electron chi connectivity index (χ0n) is 11.9. The minimum Gasteiger partial charge on any atom is -0.368 e. The summed E-state index contributed by atoms with van der Waals surface area (Å²) >= 11 is 0. The Hall–Kier alpha value is -1.87. The van der Waals surface area contributed by atoms with Gasteiger partial charge in [-0.15, -0.1) is 0 Å². The predicted octanol–water partition coefficient (Wildman–Crippen LogP) is 2.93. The number of rotatable bonds is 2. The molecule has 1 saturated heterocycles. The lowest BCUT2D eigenvalue weighted by Gasteiger charge is -2.26. The van der Waals surface area contributed by atoms with Gasteiger partial charge in [-0.05, 0) is 37.6 Å². The number of aryl methyl sites for hydroxylation is 1. The lowest BCUT2D eigenvalue weighted by atomic mass is 10.1. The molecule has 1 aromatic carbocycles. The highest BCUT2D eigenvalue weighted by molar-refractivity contribution is 5.45. The van der Waals surface area contributed by atoms with Crippen molar-refractivity contribution in [1.82, 2.24) is 10.3 Å². The van der Waals surface area contributed by atoms with E-state index < -0.39 is 0 Å². The average molecular weight is 267 g/mol. The molecule has 0 spiro atoms. The van der Waals surface area contributed by atoms with Gasteiger partial charge in [0.1, 0.15) is 0 Å². The largest absolute Gasteiger partial charge is 0.368 e. The molecule has 3 nitrogen and oxygen atoms in total. The first-order chi connectivity index (χ1) is 9.83. The summed E-state index contributed by atoms with van der Waals surface area (Å²) in [5.41, 5.74) is 3.65. The Morgan fingerprint density at radius 1 is 1.15 bits per heavy atom. The maximum absolute atomic E-state index is 4.42. The summed E-state index contributed by atoms with van der Waals surface area (Å²) in [5.74, 6) is 0. The van der Waals surface area contributed by atoms with Crippen LogP contribution in [0.2, 0.25) is 0 Å². The zero-order chi connectivity index (χ0) is 13.8. The molecule has 3 rings (SSSR count). The number of benzene rings is 1. The van der Waals surface area contributed by atoms with Gasteiger partial charge in [0, 0.05) is 24.8 Å². The van der Waals surface area contributed by atoms with Crippen LogP contribution in [0.4, 0.5) is 5.69 Å². The topological polar surface area (TPSA) is 28.2 Å². The second-order valence-corrected chi connectivity index (χ2v) is 5.37. The number of hydrogen-bond donors (Lipinski definition) is 1. The first kappa shape index (κ1) is 13.1. The second-order valence-electron chi connectivity index (χ2n) is 5.37. The number of nitrogens with zero attached hydrogens (tertiary/aromatic N) is 2. The third kappa shape index (κ3) is 2.99. The van der Waals surface area contributed by atoms with Gasteiger partial charge in [-0.25, -0.2) is 0 Å². The van der Waals surface area contributed by atoms with E-state index in [-0.39, 0.29) is 0 Å². The first-order valence-corrected chi connectivity index (χ1v) is 7.29. The van der Waals surface area contributed by atoms with E-state index in [1.807, 2.05) is 13.1 Å². The Labute approximate surface area is 120 Å². The lowest BCUT2D eigenvalue weighted by molar-refractivity contribution is 0.570. The summed E-state index contributed by atoms with van der Waals surface area (Å²) in [6, 6.07) is 15.4. The van der Waals surface area contributed by atoms with Gasteiger partial charge < -0.3 is 10.2 Å². The Kier molecular flexibility index (Phi) is 3.97. The van der Waals surface area contributed by atoms with Crippen LogP contribution in [-0.4, -0.2) is 24.6 Å². The van der Waals surface area contributed by atoms with E-state index in [0.717, 1.165) is 31.7 Å². The van der Waals surface area contributed by atoms with Crippen LogP contribution < -0.4 is 10.2 Å². The normalized spacial score (nSPS) is 19.6. The molecule has 1 atom stereocenters. The highest BCUT2D eigenvalue weighted by Gasteiger charge is 2.19. The highest BCUT2D eigenvalue weighted by Crippen LogP contribution is 2.21. The molecular weight excluding hydrogens is 246 g/mol. The van der Waals surface area contributed by atoms with E-state index in [9.17, 15) is 0 Å². The van der Waals surface area contributed by atoms with Crippen molar-refractivity contribution < 1.29 is 0 Å². The molecule has 20 heavy (non-hydrogen) atoms. The summed E-state index contributed by atoms with van der Waals surface area (Å²) in [6.07, 6.45) is 3.15. The molecule has 104 valence electrons. The highest BCUT2D eigenvalue weighted by atomic mass is 15.2. The molecule has 0 saturated carbocycles. The number of nitrogens with one attached hydrogen (secondary N) is 1. The number of anilines is 1. The Bertz CT molecular complexity index is 536. The van der Waals surface area contributed by atoms with Crippen molar-refractivity contribution in [3.63, 3.8) is 0 Å². The third-order valence-corrected chi connectivity index (χ3v) is 3.86. The molecule has 2 aromatic rings. The molecule has 0 amide bonds. The standard InChI is InChI=1S/C17H21N3/c1-14-8-9-16(12-19-14)20-11-5-10-18-17(13-20)15-6-3-2-4-7-15/h2-4,6-9,12,17-18H,5,10-11,13H2,1H3. The van der Waals surface area contributed by atoms with Gasteiger partial charge in [-0.3, -0.25) is 4.98 Å². The molecule has 1 unspecified atom stereocenters. The van der Waals surface area contributed by atoms with Crippen LogP contribution in [0.5, 0.6) is 0 Å². The van der Waals surface area contributed by atoms with Crippen molar-refractivity contribution in [2.45, 2.75) is 19.4 Å². The van der Waals surface area contributed by atoms with Gasteiger partial charge in [0.05, 0.1) is 11.9 Å². The fraction of sp³-hybridized carbons (Fsp3) is 0.353. The number of hydrogen-bond acceptors (Lipinski definition) is 3. The second kappa shape index (κ2) is 6.06. The van der Waals surface area contributed by atoms with Crippen molar-refractivity contribution in [3.05, 3.63) is 59.9 Å². The maximum Gasteiger partial charge on any atom is 0.0553 e. The van der Waals surface area contributed by atoms with Gasteiger partial charge in [0.25, 0.3) is 0 Å². The molecule has 1 N–H and O–H groups in total. The van der Waals surface area contributed by atoms with Gasteiger partial charge >= 0.3 is 0 Å². The summed E-state index contributed by atoms with van der Waals surface area (Å²) in [6.45, 7) is 5.17. The quantitative estimate of drug-likeness (QED) is 0.907. The van der Waals surface area contributed by atoms with E-state index in [4.69, 9.17) is 0 Å². The fourth-order valence-electron chi connectivity index (χ4n) is 2.71. The van der Waals surface area contributed by atoms with Crippen LogP contribution in [0.1, 0.15) is 23.7 Å². The van der Waals surface area contributed by atoms with Crippen LogP contribution in [0.15, 0.2) is 48.7 Å². The predicted molar refractivity (Wildman–Crippen MR) is 83.0 cm³/mol. The first-order valence-electron chi connectivity index (χ1n) is 7.29. The monoisotopic (exact) mass is 267 g/mol. The molecular formula is C17H21N3. The van der Waals surface area contributed by atoms with Crippen molar-refractivity contribution in [1.29, 1.82) is 0 Å². The van der Waals surface area contributed by atoms with E-state index in [2.05, 4.69) is 57.7 Å². The van der Waals surface area contributed by atoms with Crippen molar-refractivity contribution in [2.75, 3.05) is 24.5 Å². The molecule has 1 aromatic heterocycles. The summed E-state index contributed by atoms with van der Waals surface area (Å²) in [5, 5.41) is 3.65. The molecule has 2 heterocycles. The molecule has 1 fully saturated rings. The van der Waals surface area contributed by atoms with Gasteiger partial charge in [-0.2, -0.15) is 0 Å². The molecule has 0 aliphatic carbocycles. The van der Waals surface area contributed by atoms with E-state index in [1.165, 1.54) is 11.3 Å². The molecule has 3 heteroatoms. The van der Waals surface area contributed by atoms with Gasteiger partial charge in [0.2, 0.25) is 0 Å². The van der Waals surface area contributed by atoms with Gasteiger partial charge in [0.15, 0.2) is 0 Å². The van der Waals surface area contributed by atoms with E-state index in [1.54, 1.807) is 0 Å². The third-order valence-electron chi connectivity index (χ3n) is 3.86. The van der Waals surface area contributed by atoms with Crippen LogP contribution in [0, 0.1) is 6.92 Å². The molecule has 1 aliphatic rings. The van der Waals surface area contributed by atoms with Crippen LogP contribution >= 0.6 is 0 Å². The average Bonchev–Trinajstić information content (AvgIpc) is 2.75. The van der Waals surface area contributed by atoms with E-state index in [0.29, 0.717) is 6.04 Å². The SMILES string of the molecule is Cc1ccc(N2CCCNC(c3ccccc3)C2)cn1. The lowest BCUT2D eigenvalue weighted by Crippen LogP contribution is -2.31. The van der Waals surface area contributed by atoms with Crippen molar-refractivity contribution >= 4 is 5.69 Å². The van der Waals surface area contributed by atoms with Crippen molar-refractivity contribution in [3.8, 4) is 0 Å². The Balaban J connectivity index is 1.80. The van der Waals surface area contributed by atoms with Crippen LogP contribution in [0.3, 0.4) is 0 Å². The van der Waals surface area contributed by atoms with Gasteiger partial charge in [-0.1, -0.05) is 30.3 Å². The van der Waals surface area contributed by atoms with Crippen molar-refractivity contribution in [2.24, 2.45) is 0 Å². The molecule has 0 radical (unpaired) electrons. The maximum atomic E-state index is 4.42. The summed E-state index contributed by atoms with van der Waals surface area (Å²) in [7, 11) is 0. The summed E-state index contributed by atoms with van der Waals surface area (Å²) in [4.78, 5) is 6.86. The Morgan fingerprint density at radius 2 is 2.00 bits per heavy atom. The van der Waals surface area contributed by atoms with Crippen LogP contribution in [-0.2, 0) is 0 Å². The number of pyridine rings is 1. The molecule has 0 bridgehead atoms. The van der Waals surface area contributed by atoms with E-state index >= 15 is 0 Å². The summed E-state index contributed by atoms with van der Waals surface area (Å²) < 4.78 is 0. The minimum absolute atomic E-state index is 0.389.